The van der Waals surface area contributed by atoms with E-state index in [-0.39, 0.29) is 10.8 Å². The lowest BCUT2D eigenvalue weighted by Gasteiger charge is -2.26. The summed E-state index contributed by atoms with van der Waals surface area (Å²) in [4.78, 5) is 12.7. The zero-order valence-electron chi connectivity index (χ0n) is 14.2. The van der Waals surface area contributed by atoms with E-state index in [2.05, 4.69) is 27.9 Å². The summed E-state index contributed by atoms with van der Waals surface area (Å²) in [6.45, 7) is 3.13. The van der Waals surface area contributed by atoms with Crippen molar-refractivity contribution in [1.82, 2.24) is 4.31 Å². The number of carbonyl (C=O) groups excluding carboxylic acids is 1. The summed E-state index contributed by atoms with van der Waals surface area (Å²) < 4.78 is 33.5. The summed E-state index contributed by atoms with van der Waals surface area (Å²) >= 11 is 2.19. The molecule has 0 bridgehead atoms. The first kappa shape index (κ1) is 19.3. The molecule has 1 aliphatic heterocycles. The van der Waals surface area contributed by atoms with Gasteiger partial charge in [-0.25, -0.2) is 8.42 Å². The Labute approximate surface area is 166 Å². The Morgan fingerprint density at radius 3 is 2.42 bits per heavy atom. The molecule has 0 saturated carbocycles. The minimum Gasteiger partial charge on any atom is -0.379 e. The molecule has 0 aromatic heterocycles. The van der Waals surface area contributed by atoms with Crippen LogP contribution in [0.4, 0.5) is 5.69 Å². The number of hydrogen-bond donors (Lipinski definition) is 1. The van der Waals surface area contributed by atoms with Gasteiger partial charge in [0.05, 0.1) is 18.1 Å². The van der Waals surface area contributed by atoms with Gasteiger partial charge >= 0.3 is 0 Å². The van der Waals surface area contributed by atoms with E-state index < -0.39 is 10.0 Å². The van der Waals surface area contributed by atoms with Gasteiger partial charge < -0.3 is 10.1 Å². The molecule has 138 valence electrons. The van der Waals surface area contributed by atoms with Crippen LogP contribution in [0, 0.1) is 10.5 Å². The molecule has 8 heteroatoms. The number of carbonyl (C=O) groups is 1. The van der Waals surface area contributed by atoms with Crippen LogP contribution in [0.5, 0.6) is 0 Å². The largest absolute Gasteiger partial charge is 0.379 e. The van der Waals surface area contributed by atoms with Crippen molar-refractivity contribution < 1.29 is 17.9 Å². The van der Waals surface area contributed by atoms with Gasteiger partial charge in [-0.3, -0.25) is 4.79 Å². The van der Waals surface area contributed by atoms with Gasteiger partial charge in [0.1, 0.15) is 0 Å². The number of morpholine rings is 1. The standard InChI is InChI=1S/C18H19IN2O4S/c1-13-2-3-14(18(22)20-16-6-4-15(19)5-7-16)12-17(13)26(23,24)21-8-10-25-11-9-21/h2-7,12H,8-11H2,1H3,(H,20,22). The van der Waals surface area contributed by atoms with Gasteiger partial charge in [-0.2, -0.15) is 4.31 Å². The highest BCUT2D eigenvalue weighted by molar-refractivity contribution is 14.1. The van der Waals surface area contributed by atoms with Crippen molar-refractivity contribution in [3.05, 3.63) is 57.2 Å². The lowest BCUT2D eigenvalue weighted by Crippen LogP contribution is -2.40. The van der Waals surface area contributed by atoms with E-state index in [1.807, 2.05) is 12.1 Å². The number of amides is 1. The fraction of sp³-hybridized carbons (Fsp3) is 0.278. The van der Waals surface area contributed by atoms with E-state index in [9.17, 15) is 13.2 Å². The van der Waals surface area contributed by atoms with Crippen molar-refractivity contribution in [3.8, 4) is 0 Å². The number of ether oxygens (including phenoxy) is 1. The molecule has 26 heavy (non-hydrogen) atoms. The summed E-state index contributed by atoms with van der Waals surface area (Å²) in [6.07, 6.45) is 0. The predicted molar refractivity (Wildman–Crippen MR) is 108 cm³/mol. The van der Waals surface area contributed by atoms with E-state index in [1.165, 1.54) is 10.4 Å². The monoisotopic (exact) mass is 486 g/mol. The SMILES string of the molecule is Cc1ccc(C(=O)Nc2ccc(I)cc2)cc1S(=O)(=O)N1CCOCC1. The molecule has 1 fully saturated rings. The van der Waals surface area contributed by atoms with E-state index in [0.29, 0.717) is 43.1 Å². The van der Waals surface area contributed by atoms with Crippen LogP contribution in [0.2, 0.25) is 0 Å². The van der Waals surface area contributed by atoms with Crippen molar-refractivity contribution in [2.24, 2.45) is 0 Å². The maximum Gasteiger partial charge on any atom is 0.255 e. The van der Waals surface area contributed by atoms with Crippen LogP contribution >= 0.6 is 22.6 Å². The van der Waals surface area contributed by atoms with Crippen LogP contribution in [0.25, 0.3) is 0 Å². The Kier molecular flexibility index (Phi) is 5.96. The third-order valence-corrected chi connectivity index (χ3v) is 6.90. The first-order chi connectivity index (χ1) is 12.4. The maximum atomic E-state index is 12.9. The van der Waals surface area contributed by atoms with Gasteiger partial charge in [0, 0.05) is 27.9 Å². The molecule has 6 nitrogen and oxygen atoms in total. The zero-order valence-corrected chi connectivity index (χ0v) is 17.2. The van der Waals surface area contributed by atoms with Crippen LogP contribution in [-0.4, -0.2) is 44.9 Å². The van der Waals surface area contributed by atoms with E-state index in [1.54, 1.807) is 31.2 Å². The Morgan fingerprint density at radius 1 is 1.12 bits per heavy atom. The van der Waals surface area contributed by atoms with Crippen LogP contribution in [0.3, 0.4) is 0 Å². The number of benzene rings is 2. The van der Waals surface area contributed by atoms with E-state index in [0.717, 1.165) is 3.57 Å². The van der Waals surface area contributed by atoms with Gasteiger partial charge in [0.2, 0.25) is 10.0 Å². The van der Waals surface area contributed by atoms with Crippen LogP contribution in [0.1, 0.15) is 15.9 Å². The molecular weight excluding hydrogens is 467 g/mol. The number of rotatable bonds is 4. The molecule has 2 aromatic rings. The fourth-order valence-electron chi connectivity index (χ4n) is 2.68. The van der Waals surface area contributed by atoms with Crippen molar-refractivity contribution in [3.63, 3.8) is 0 Å². The minimum atomic E-state index is -3.65. The molecule has 1 amide bonds. The van der Waals surface area contributed by atoms with Crippen molar-refractivity contribution in [1.29, 1.82) is 0 Å². The summed E-state index contributed by atoms with van der Waals surface area (Å²) in [5, 5.41) is 2.79. The molecule has 0 atom stereocenters. The fourth-order valence-corrected chi connectivity index (χ4v) is 4.70. The van der Waals surface area contributed by atoms with Crippen molar-refractivity contribution >= 4 is 44.2 Å². The normalized spacial score (nSPS) is 15.6. The number of sulfonamides is 1. The zero-order chi connectivity index (χ0) is 18.7. The highest BCUT2D eigenvalue weighted by Crippen LogP contribution is 2.23. The Hall–Kier alpha value is -1.49. The second kappa shape index (κ2) is 8.03. The van der Waals surface area contributed by atoms with E-state index >= 15 is 0 Å². The first-order valence-electron chi connectivity index (χ1n) is 8.13. The second-order valence-electron chi connectivity index (χ2n) is 5.96. The molecule has 1 saturated heterocycles. The summed E-state index contributed by atoms with van der Waals surface area (Å²) in [6, 6.07) is 12.1. The van der Waals surface area contributed by atoms with Crippen LogP contribution in [0.15, 0.2) is 47.4 Å². The van der Waals surface area contributed by atoms with Crippen molar-refractivity contribution in [2.75, 3.05) is 31.6 Å². The molecule has 1 heterocycles. The minimum absolute atomic E-state index is 0.162. The first-order valence-corrected chi connectivity index (χ1v) is 10.7. The quantitative estimate of drug-likeness (QED) is 0.675. The molecule has 0 radical (unpaired) electrons. The lowest BCUT2D eigenvalue weighted by atomic mass is 10.1. The highest BCUT2D eigenvalue weighted by Gasteiger charge is 2.28. The third kappa shape index (κ3) is 4.25. The topological polar surface area (TPSA) is 75.7 Å². The molecule has 0 aliphatic carbocycles. The van der Waals surface area contributed by atoms with Gasteiger partial charge in [-0.1, -0.05) is 6.07 Å². The smallest absolute Gasteiger partial charge is 0.255 e. The molecule has 3 rings (SSSR count). The molecule has 0 spiro atoms. The lowest BCUT2D eigenvalue weighted by molar-refractivity contribution is 0.0730. The number of anilines is 1. The predicted octanol–water partition coefficient (Wildman–Crippen LogP) is 2.87. The molecular formula is C18H19IN2O4S. The molecule has 2 aromatic carbocycles. The third-order valence-electron chi connectivity index (χ3n) is 4.14. The van der Waals surface area contributed by atoms with E-state index in [4.69, 9.17) is 4.74 Å². The summed E-state index contributed by atoms with van der Waals surface area (Å²) in [5.41, 5.74) is 1.58. The summed E-state index contributed by atoms with van der Waals surface area (Å²) in [7, 11) is -3.65. The second-order valence-corrected chi connectivity index (χ2v) is 9.11. The maximum absolute atomic E-state index is 12.9. The van der Waals surface area contributed by atoms with Crippen molar-refractivity contribution in [2.45, 2.75) is 11.8 Å². The van der Waals surface area contributed by atoms with Crippen LogP contribution < -0.4 is 5.32 Å². The van der Waals surface area contributed by atoms with Gasteiger partial charge in [-0.05, 0) is 71.5 Å². The van der Waals surface area contributed by atoms with Gasteiger partial charge in [0.15, 0.2) is 0 Å². The number of hydrogen-bond acceptors (Lipinski definition) is 4. The number of nitrogens with zero attached hydrogens (tertiary/aromatic N) is 1. The average Bonchev–Trinajstić information content (AvgIpc) is 2.64. The molecule has 1 N–H and O–H groups in total. The number of aryl methyl sites for hydroxylation is 1. The number of halogens is 1. The van der Waals surface area contributed by atoms with Gasteiger partial charge in [-0.15, -0.1) is 0 Å². The Balaban J connectivity index is 1.87. The molecule has 1 aliphatic rings. The Bertz CT molecular complexity index is 907. The van der Waals surface area contributed by atoms with Crippen LogP contribution in [-0.2, 0) is 14.8 Å². The highest BCUT2D eigenvalue weighted by atomic mass is 127. The average molecular weight is 486 g/mol. The Morgan fingerprint density at radius 2 is 1.77 bits per heavy atom. The summed E-state index contributed by atoms with van der Waals surface area (Å²) in [5.74, 6) is -0.343. The molecule has 0 unspecified atom stereocenters. The van der Waals surface area contributed by atoms with Gasteiger partial charge in [0.25, 0.3) is 5.91 Å². The number of nitrogens with one attached hydrogen (secondary N) is 1.